The summed E-state index contributed by atoms with van der Waals surface area (Å²) >= 11 is 0. The molecule has 0 saturated heterocycles. The Morgan fingerprint density at radius 2 is 2.33 bits per heavy atom. The van der Waals surface area contributed by atoms with E-state index in [1.54, 1.807) is 13.3 Å². The van der Waals surface area contributed by atoms with Gasteiger partial charge < -0.3 is 4.74 Å². The van der Waals surface area contributed by atoms with Gasteiger partial charge >= 0.3 is 0 Å². The molecule has 2 heterocycles. The zero-order valence-corrected chi connectivity index (χ0v) is 8.45. The number of tetrazole rings is 1. The molecule has 15 heavy (non-hydrogen) atoms. The normalized spacial score (nSPS) is 10.5. The number of nitrogens with zero attached hydrogens (tertiary/aromatic N) is 6. The predicted octanol–water partition coefficient (Wildman–Crippen LogP) is -0.0929. The van der Waals surface area contributed by atoms with Crippen LogP contribution in [-0.2, 0) is 11.3 Å². The molecule has 0 aliphatic carbocycles. The van der Waals surface area contributed by atoms with E-state index >= 15 is 0 Å². The largest absolute Gasteiger partial charge is 0.378 e. The molecule has 0 fully saturated rings. The summed E-state index contributed by atoms with van der Waals surface area (Å²) in [5.74, 6) is 0.625. The molecule has 0 amide bonds. The Bertz CT molecular complexity index is 440. The van der Waals surface area contributed by atoms with E-state index in [0.29, 0.717) is 12.4 Å². The third-order valence-corrected chi connectivity index (χ3v) is 1.83. The Kier molecular flexibility index (Phi) is 2.64. The summed E-state index contributed by atoms with van der Waals surface area (Å²) in [6, 6.07) is 0. The Morgan fingerprint density at radius 3 is 2.93 bits per heavy atom. The molecule has 2 rings (SSSR count). The molecular formula is C8H10N6O. The predicted molar refractivity (Wildman–Crippen MR) is 50.2 cm³/mol. The summed E-state index contributed by atoms with van der Waals surface area (Å²) in [6.07, 6.45) is 3.13. The van der Waals surface area contributed by atoms with Crippen molar-refractivity contribution in [2.45, 2.75) is 13.5 Å². The minimum atomic E-state index is 0.448. The summed E-state index contributed by atoms with van der Waals surface area (Å²) in [6.45, 7) is 2.30. The van der Waals surface area contributed by atoms with Gasteiger partial charge in [0.25, 0.3) is 0 Å². The van der Waals surface area contributed by atoms with Crippen molar-refractivity contribution in [3.63, 3.8) is 0 Å². The fourth-order valence-corrected chi connectivity index (χ4v) is 1.22. The van der Waals surface area contributed by atoms with Gasteiger partial charge in [0.1, 0.15) is 6.33 Å². The van der Waals surface area contributed by atoms with E-state index in [0.717, 1.165) is 11.4 Å². The monoisotopic (exact) mass is 206 g/mol. The van der Waals surface area contributed by atoms with Crippen molar-refractivity contribution in [3.05, 3.63) is 23.9 Å². The van der Waals surface area contributed by atoms with E-state index < -0.39 is 0 Å². The van der Waals surface area contributed by atoms with Crippen LogP contribution in [0.4, 0.5) is 0 Å². The second-order valence-electron chi connectivity index (χ2n) is 2.96. The van der Waals surface area contributed by atoms with Gasteiger partial charge in [-0.05, 0) is 17.4 Å². The number of hydrogen-bond acceptors (Lipinski definition) is 6. The zero-order valence-electron chi connectivity index (χ0n) is 8.45. The number of rotatable bonds is 3. The number of hydrogen-bond donors (Lipinski definition) is 0. The van der Waals surface area contributed by atoms with Crippen LogP contribution in [0.5, 0.6) is 0 Å². The molecule has 0 radical (unpaired) electrons. The van der Waals surface area contributed by atoms with E-state index in [-0.39, 0.29) is 0 Å². The van der Waals surface area contributed by atoms with E-state index in [9.17, 15) is 0 Å². The van der Waals surface area contributed by atoms with Gasteiger partial charge in [-0.3, -0.25) is 4.98 Å². The lowest BCUT2D eigenvalue weighted by molar-refractivity contribution is 0.181. The molecule has 2 aromatic rings. The first-order chi connectivity index (χ1) is 7.31. The molecule has 0 saturated carbocycles. The first-order valence-corrected chi connectivity index (χ1v) is 4.36. The third-order valence-electron chi connectivity index (χ3n) is 1.83. The van der Waals surface area contributed by atoms with E-state index in [1.165, 1.54) is 11.0 Å². The van der Waals surface area contributed by atoms with Crippen LogP contribution in [0.3, 0.4) is 0 Å². The van der Waals surface area contributed by atoms with Crippen molar-refractivity contribution in [2.75, 3.05) is 7.11 Å². The SMILES string of the molecule is COCc1cnc(-n2cnnn2)c(C)n1. The topological polar surface area (TPSA) is 78.6 Å². The van der Waals surface area contributed by atoms with Crippen LogP contribution < -0.4 is 0 Å². The summed E-state index contributed by atoms with van der Waals surface area (Å²) in [7, 11) is 1.62. The maximum Gasteiger partial charge on any atom is 0.178 e. The van der Waals surface area contributed by atoms with Gasteiger partial charge in [-0.25, -0.2) is 4.98 Å². The number of aryl methyl sites for hydroxylation is 1. The molecule has 7 heteroatoms. The molecule has 0 unspecified atom stereocenters. The molecule has 0 bridgehead atoms. The molecule has 0 aliphatic heterocycles. The van der Waals surface area contributed by atoms with Crippen LogP contribution in [0.25, 0.3) is 5.82 Å². The van der Waals surface area contributed by atoms with Crippen LogP contribution in [0.15, 0.2) is 12.5 Å². The van der Waals surface area contributed by atoms with Crippen LogP contribution in [0.2, 0.25) is 0 Å². The number of ether oxygens (including phenoxy) is 1. The third kappa shape index (κ3) is 1.96. The second-order valence-corrected chi connectivity index (χ2v) is 2.96. The average Bonchev–Trinajstić information content (AvgIpc) is 2.71. The van der Waals surface area contributed by atoms with Gasteiger partial charge in [-0.1, -0.05) is 0 Å². The molecule has 7 nitrogen and oxygen atoms in total. The maximum atomic E-state index is 4.96. The standard InChI is InChI=1S/C8H10N6O/c1-6-8(14-5-10-12-13-14)9-3-7(11-6)4-15-2/h3,5H,4H2,1-2H3. The summed E-state index contributed by atoms with van der Waals surface area (Å²) in [5, 5.41) is 10.8. The minimum absolute atomic E-state index is 0.448. The highest BCUT2D eigenvalue weighted by atomic mass is 16.5. The summed E-state index contributed by atoms with van der Waals surface area (Å²) in [5.41, 5.74) is 1.55. The molecular weight excluding hydrogens is 196 g/mol. The summed E-state index contributed by atoms with van der Waals surface area (Å²) < 4.78 is 6.43. The Labute approximate surface area is 86.1 Å². The molecule has 0 spiro atoms. The first-order valence-electron chi connectivity index (χ1n) is 4.36. The second kappa shape index (κ2) is 4.09. The van der Waals surface area contributed by atoms with Crippen molar-refractivity contribution in [2.24, 2.45) is 0 Å². The van der Waals surface area contributed by atoms with Gasteiger partial charge in [0.2, 0.25) is 0 Å². The smallest absolute Gasteiger partial charge is 0.178 e. The van der Waals surface area contributed by atoms with Gasteiger partial charge in [0.05, 0.1) is 24.2 Å². The Balaban J connectivity index is 2.35. The van der Waals surface area contributed by atoms with Crippen LogP contribution >= 0.6 is 0 Å². The van der Waals surface area contributed by atoms with Crippen LogP contribution in [0.1, 0.15) is 11.4 Å². The lowest BCUT2D eigenvalue weighted by Gasteiger charge is -2.04. The molecule has 0 aromatic carbocycles. The quantitative estimate of drug-likeness (QED) is 0.698. The molecule has 0 aliphatic rings. The fraction of sp³-hybridized carbons (Fsp3) is 0.375. The highest BCUT2D eigenvalue weighted by Gasteiger charge is 2.06. The van der Waals surface area contributed by atoms with Crippen molar-refractivity contribution in [3.8, 4) is 5.82 Å². The molecule has 2 aromatic heterocycles. The first kappa shape index (κ1) is 9.66. The fourth-order valence-electron chi connectivity index (χ4n) is 1.22. The van der Waals surface area contributed by atoms with Crippen molar-refractivity contribution < 1.29 is 4.74 Å². The van der Waals surface area contributed by atoms with Crippen LogP contribution in [-0.4, -0.2) is 37.3 Å². The van der Waals surface area contributed by atoms with Crippen molar-refractivity contribution in [1.29, 1.82) is 0 Å². The minimum Gasteiger partial charge on any atom is -0.378 e. The van der Waals surface area contributed by atoms with Gasteiger partial charge in [0.15, 0.2) is 5.82 Å². The lowest BCUT2D eigenvalue weighted by atomic mass is 10.4. The molecule has 78 valence electrons. The Hall–Kier alpha value is -1.89. The highest BCUT2D eigenvalue weighted by molar-refractivity contribution is 5.25. The molecule has 0 atom stereocenters. The van der Waals surface area contributed by atoms with E-state index in [4.69, 9.17) is 4.74 Å². The maximum absolute atomic E-state index is 4.96. The van der Waals surface area contributed by atoms with Crippen LogP contribution in [0, 0.1) is 6.92 Å². The van der Waals surface area contributed by atoms with Gasteiger partial charge in [0, 0.05) is 7.11 Å². The number of aromatic nitrogens is 6. The Morgan fingerprint density at radius 1 is 1.47 bits per heavy atom. The van der Waals surface area contributed by atoms with Gasteiger partial charge in [-0.2, -0.15) is 4.68 Å². The van der Waals surface area contributed by atoms with Gasteiger partial charge in [-0.15, -0.1) is 5.10 Å². The van der Waals surface area contributed by atoms with E-state index in [2.05, 4.69) is 25.5 Å². The average molecular weight is 206 g/mol. The molecule has 0 N–H and O–H groups in total. The van der Waals surface area contributed by atoms with E-state index in [1.807, 2.05) is 6.92 Å². The van der Waals surface area contributed by atoms with Crippen molar-refractivity contribution in [1.82, 2.24) is 30.2 Å². The lowest BCUT2D eigenvalue weighted by Crippen LogP contribution is -2.05. The zero-order chi connectivity index (χ0) is 10.7. The number of methoxy groups -OCH3 is 1. The highest BCUT2D eigenvalue weighted by Crippen LogP contribution is 2.06. The van der Waals surface area contributed by atoms with Crippen molar-refractivity contribution >= 4 is 0 Å². The summed E-state index contributed by atoms with van der Waals surface area (Å²) in [4.78, 5) is 8.53.